The van der Waals surface area contributed by atoms with Crippen molar-refractivity contribution < 1.29 is 19.2 Å². The zero-order chi connectivity index (χ0) is 12.4. The van der Waals surface area contributed by atoms with Gasteiger partial charge in [-0.05, 0) is 25.7 Å². The number of aromatic nitrogens is 1. The third-order valence-electron chi connectivity index (χ3n) is 3.17. The van der Waals surface area contributed by atoms with Crippen molar-refractivity contribution in [2.75, 3.05) is 0 Å². The summed E-state index contributed by atoms with van der Waals surface area (Å²) in [4.78, 5) is 22.3. The number of amides is 1. The van der Waals surface area contributed by atoms with E-state index in [0.717, 1.165) is 18.9 Å². The highest BCUT2D eigenvalue weighted by molar-refractivity contribution is 5.94. The van der Waals surface area contributed by atoms with Crippen molar-refractivity contribution in [3.8, 4) is 0 Å². The number of hydrogen-bond donors (Lipinski definition) is 2. The second kappa shape index (κ2) is 4.57. The first-order valence-electron chi connectivity index (χ1n) is 5.59. The Morgan fingerprint density at radius 1 is 1.59 bits per heavy atom. The first-order valence-corrected chi connectivity index (χ1v) is 5.59. The number of hydrogen-bond acceptors (Lipinski definition) is 4. The molecule has 1 aliphatic rings. The van der Waals surface area contributed by atoms with Crippen LogP contribution >= 0.6 is 0 Å². The van der Waals surface area contributed by atoms with Gasteiger partial charge in [0.2, 0.25) is 5.76 Å². The largest absolute Gasteiger partial charge is 0.475 e. The predicted octanol–water partition coefficient (Wildman–Crippen LogP) is 1.29. The second-order valence-corrected chi connectivity index (χ2v) is 4.33. The summed E-state index contributed by atoms with van der Waals surface area (Å²) in [7, 11) is 0. The van der Waals surface area contributed by atoms with Crippen molar-refractivity contribution in [2.24, 2.45) is 5.92 Å². The number of rotatable bonds is 4. The molecule has 1 fully saturated rings. The molecule has 92 valence electrons. The van der Waals surface area contributed by atoms with Gasteiger partial charge in [0.15, 0.2) is 5.69 Å². The normalized spacial score (nSPS) is 17.2. The number of carboxylic acid groups (broad SMARTS) is 1. The molecule has 0 radical (unpaired) electrons. The molecule has 1 aliphatic carbocycles. The molecule has 0 saturated heterocycles. The van der Waals surface area contributed by atoms with Gasteiger partial charge in [-0.25, -0.2) is 4.79 Å². The van der Waals surface area contributed by atoms with Gasteiger partial charge in [-0.15, -0.1) is 0 Å². The fourth-order valence-electron chi connectivity index (χ4n) is 1.82. The summed E-state index contributed by atoms with van der Waals surface area (Å²) in [5, 5.41) is 14.9. The molecule has 2 N–H and O–H groups in total. The Hall–Kier alpha value is -1.85. The molecule has 6 heteroatoms. The molecule has 1 amide bonds. The van der Waals surface area contributed by atoms with Gasteiger partial charge in [0, 0.05) is 12.1 Å². The van der Waals surface area contributed by atoms with E-state index in [4.69, 9.17) is 5.11 Å². The van der Waals surface area contributed by atoms with Crippen molar-refractivity contribution in [2.45, 2.75) is 32.2 Å². The Balaban J connectivity index is 1.96. The van der Waals surface area contributed by atoms with E-state index in [1.54, 1.807) is 0 Å². The smallest absolute Gasteiger partial charge is 0.374 e. The van der Waals surface area contributed by atoms with Gasteiger partial charge >= 0.3 is 5.97 Å². The third-order valence-corrected chi connectivity index (χ3v) is 3.17. The maximum Gasteiger partial charge on any atom is 0.374 e. The van der Waals surface area contributed by atoms with Crippen LogP contribution in [-0.2, 0) is 0 Å². The quantitative estimate of drug-likeness (QED) is 0.824. The van der Waals surface area contributed by atoms with E-state index < -0.39 is 5.97 Å². The van der Waals surface area contributed by atoms with Gasteiger partial charge in [0.1, 0.15) is 0 Å². The molecular weight excluding hydrogens is 224 g/mol. The van der Waals surface area contributed by atoms with E-state index in [1.165, 1.54) is 6.42 Å². The summed E-state index contributed by atoms with van der Waals surface area (Å²) in [5.41, 5.74) is 0.00794. The highest BCUT2D eigenvalue weighted by Crippen LogP contribution is 2.29. The average Bonchev–Trinajstić information content (AvgIpc) is 2.62. The summed E-state index contributed by atoms with van der Waals surface area (Å²) in [6, 6.07) is 1.21. The molecule has 1 heterocycles. The van der Waals surface area contributed by atoms with Crippen molar-refractivity contribution in [3.05, 3.63) is 17.5 Å². The van der Waals surface area contributed by atoms with Crippen LogP contribution in [-0.4, -0.2) is 28.2 Å². The Kier molecular flexibility index (Phi) is 3.12. The fourth-order valence-corrected chi connectivity index (χ4v) is 1.82. The summed E-state index contributed by atoms with van der Waals surface area (Å²) in [6.07, 6.45) is 3.46. The SMILES string of the molecule is CC(NC(=O)c1cc(C(=O)O)on1)C1CCC1. The Labute approximate surface area is 98.0 Å². The molecule has 0 aliphatic heterocycles. The minimum absolute atomic E-state index is 0.00794. The van der Waals surface area contributed by atoms with Crippen molar-refractivity contribution >= 4 is 11.9 Å². The lowest BCUT2D eigenvalue weighted by Gasteiger charge is -2.31. The van der Waals surface area contributed by atoms with Gasteiger partial charge in [-0.3, -0.25) is 4.79 Å². The first kappa shape index (κ1) is 11.6. The maximum atomic E-state index is 11.7. The first-order chi connectivity index (χ1) is 8.08. The summed E-state index contributed by atoms with van der Waals surface area (Å²) < 4.78 is 4.52. The van der Waals surface area contributed by atoms with Crippen LogP contribution < -0.4 is 5.32 Å². The number of nitrogens with one attached hydrogen (secondary N) is 1. The van der Waals surface area contributed by atoms with E-state index >= 15 is 0 Å². The van der Waals surface area contributed by atoms with E-state index in [1.807, 2.05) is 6.92 Å². The van der Waals surface area contributed by atoms with E-state index in [-0.39, 0.29) is 23.4 Å². The van der Waals surface area contributed by atoms with Gasteiger partial charge < -0.3 is 14.9 Å². The maximum absolute atomic E-state index is 11.7. The number of carbonyl (C=O) groups is 2. The molecule has 1 saturated carbocycles. The molecule has 1 aromatic rings. The summed E-state index contributed by atoms with van der Waals surface area (Å²) in [5.74, 6) is -1.43. The van der Waals surface area contributed by atoms with Crippen LogP contribution in [0, 0.1) is 5.92 Å². The van der Waals surface area contributed by atoms with Gasteiger partial charge in [-0.2, -0.15) is 0 Å². The standard InChI is InChI=1S/C11H14N2O4/c1-6(7-3-2-4-7)12-10(14)8-5-9(11(15)16)17-13-8/h5-7H,2-4H2,1H3,(H,12,14)(H,15,16). The average molecular weight is 238 g/mol. The number of carbonyl (C=O) groups excluding carboxylic acids is 1. The molecule has 6 nitrogen and oxygen atoms in total. The number of carboxylic acids is 1. The molecular formula is C11H14N2O4. The lowest BCUT2D eigenvalue weighted by molar-refractivity contribution is 0.0650. The van der Waals surface area contributed by atoms with Gasteiger partial charge in [-0.1, -0.05) is 11.6 Å². The van der Waals surface area contributed by atoms with Gasteiger partial charge in [0.05, 0.1) is 0 Å². The highest BCUT2D eigenvalue weighted by atomic mass is 16.5. The van der Waals surface area contributed by atoms with Crippen LogP contribution in [0.15, 0.2) is 10.6 Å². The molecule has 2 rings (SSSR count). The Bertz CT molecular complexity index is 436. The minimum Gasteiger partial charge on any atom is -0.475 e. The van der Waals surface area contributed by atoms with E-state index in [9.17, 15) is 9.59 Å². The van der Waals surface area contributed by atoms with Gasteiger partial charge in [0.25, 0.3) is 5.91 Å². The molecule has 17 heavy (non-hydrogen) atoms. The van der Waals surface area contributed by atoms with Crippen molar-refractivity contribution in [1.82, 2.24) is 10.5 Å². The highest BCUT2D eigenvalue weighted by Gasteiger charge is 2.26. The van der Waals surface area contributed by atoms with Crippen LogP contribution in [0.25, 0.3) is 0 Å². The van der Waals surface area contributed by atoms with Crippen molar-refractivity contribution in [1.29, 1.82) is 0 Å². The Morgan fingerprint density at radius 3 is 2.76 bits per heavy atom. The molecule has 1 unspecified atom stereocenters. The van der Waals surface area contributed by atoms with Crippen molar-refractivity contribution in [3.63, 3.8) is 0 Å². The lowest BCUT2D eigenvalue weighted by atomic mass is 9.80. The third kappa shape index (κ3) is 2.46. The van der Waals surface area contributed by atoms with Crippen LogP contribution in [0.2, 0.25) is 0 Å². The van der Waals surface area contributed by atoms with Crippen LogP contribution in [0.1, 0.15) is 47.2 Å². The molecule has 0 bridgehead atoms. The molecule has 1 aromatic heterocycles. The predicted molar refractivity (Wildman–Crippen MR) is 57.7 cm³/mol. The molecule has 1 atom stereocenters. The number of nitrogens with zero attached hydrogens (tertiary/aromatic N) is 1. The second-order valence-electron chi connectivity index (χ2n) is 4.33. The molecule has 0 aromatic carbocycles. The zero-order valence-electron chi connectivity index (χ0n) is 9.47. The Morgan fingerprint density at radius 2 is 2.29 bits per heavy atom. The van der Waals surface area contributed by atoms with E-state index in [0.29, 0.717) is 5.92 Å². The van der Waals surface area contributed by atoms with Crippen LogP contribution in [0.3, 0.4) is 0 Å². The van der Waals surface area contributed by atoms with Crippen LogP contribution in [0.4, 0.5) is 0 Å². The fraction of sp³-hybridized carbons (Fsp3) is 0.545. The monoisotopic (exact) mass is 238 g/mol. The zero-order valence-corrected chi connectivity index (χ0v) is 9.47. The summed E-state index contributed by atoms with van der Waals surface area (Å²) in [6.45, 7) is 1.94. The summed E-state index contributed by atoms with van der Waals surface area (Å²) >= 11 is 0. The van der Waals surface area contributed by atoms with Crippen LogP contribution in [0.5, 0.6) is 0 Å². The number of aromatic carboxylic acids is 1. The molecule has 0 spiro atoms. The topological polar surface area (TPSA) is 92.4 Å². The lowest BCUT2D eigenvalue weighted by Crippen LogP contribution is -2.40. The minimum atomic E-state index is -1.23. The van der Waals surface area contributed by atoms with E-state index in [2.05, 4.69) is 15.0 Å².